The number of piperidine rings is 1. The van der Waals surface area contributed by atoms with Gasteiger partial charge in [0.1, 0.15) is 10.7 Å². The molecule has 1 saturated heterocycles. The number of pyridine rings is 1. The second kappa shape index (κ2) is 9.06. The molecule has 1 aliphatic heterocycles. The van der Waals surface area contributed by atoms with Crippen LogP contribution in [0.25, 0.3) is 22.0 Å². The molecule has 3 aromatic heterocycles. The van der Waals surface area contributed by atoms with Crippen LogP contribution >= 0.6 is 11.3 Å². The largest absolute Gasteiger partial charge is 0.332 e. The molecule has 1 N–H and O–H groups in total. The van der Waals surface area contributed by atoms with Gasteiger partial charge in [0.15, 0.2) is 0 Å². The van der Waals surface area contributed by atoms with E-state index in [-0.39, 0.29) is 18.0 Å². The van der Waals surface area contributed by atoms with Crippen LogP contribution in [0.1, 0.15) is 44.1 Å². The van der Waals surface area contributed by atoms with Crippen LogP contribution in [0.2, 0.25) is 0 Å². The third kappa shape index (κ3) is 4.15. The molecule has 158 valence electrons. The van der Waals surface area contributed by atoms with Gasteiger partial charge >= 0.3 is 0 Å². The van der Waals surface area contributed by atoms with Gasteiger partial charge in [-0.1, -0.05) is 13.0 Å². The molecule has 0 aromatic carbocycles. The Bertz CT molecular complexity index is 974. The highest BCUT2D eigenvalue weighted by atomic mass is 32.1. The normalized spacial score (nSPS) is 15.6. The Morgan fingerprint density at radius 2 is 2.13 bits per heavy atom. The number of carbonyl (C=O) groups excluding carboxylic acids is 1. The highest BCUT2D eigenvalue weighted by molar-refractivity contribution is 7.13. The molecule has 1 amide bonds. The Kier molecular flexibility index (Phi) is 6.24. The summed E-state index contributed by atoms with van der Waals surface area (Å²) in [4.78, 5) is 27.0. The van der Waals surface area contributed by atoms with Crippen molar-refractivity contribution in [1.29, 1.82) is 0 Å². The van der Waals surface area contributed by atoms with Gasteiger partial charge in [-0.15, -0.1) is 11.3 Å². The third-order valence-electron chi connectivity index (χ3n) is 5.70. The summed E-state index contributed by atoms with van der Waals surface area (Å²) in [6.07, 6.45) is 5.53. The van der Waals surface area contributed by atoms with Crippen molar-refractivity contribution in [2.24, 2.45) is 0 Å². The Labute approximate surface area is 181 Å². The van der Waals surface area contributed by atoms with E-state index in [1.807, 2.05) is 28.5 Å². The fraction of sp³-hybridized carbons (Fsp3) is 0.455. The van der Waals surface area contributed by atoms with E-state index in [0.29, 0.717) is 5.69 Å². The lowest BCUT2D eigenvalue weighted by atomic mass is 10.0. The Morgan fingerprint density at radius 3 is 2.80 bits per heavy atom. The molecule has 0 bridgehead atoms. The summed E-state index contributed by atoms with van der Waals surface area (Å²) >= 11 is 1.47. The van der Waals surface area contributed by atoms with Crippen LogP contribution in [0.5, 0.6) is 0 Å². The fourth-order valence-corrected chi connectivity index (χ4v) is 4.93. The fourth-order valence-electron chi connectivity index (χ4n) is 4.12. The first kappa shape index (κ1) is 20.7. The molecular formula is C22H28N6OS. The maximum atomic E-state index is 13.4. The molecular weight excluding hydrogens is 396 g/mol. The summed E-state index contributed by atoms with van der Waals surface area (Å²) in [6, 6.07) is 6.15. The Balaban J connectivity index is 1.56. The number of carbonyl (C=O) groups is 1. The van der Waals surface area contributed by atoms with Gasteiger partial charge in [0.25, 0.3) is 5.91 Å². The maximum absolute atomic E-state index is 13.4. The predicted octanol–water partition coefficient (Wildman–Crippen LogP) is 3.93. The number of hydrogen-bond donors (Lipinski definition) is 1. The highest BCUT2D eigenvalue weighted by Gasteiger charge is 2.31. The van der Waals surface area contributed by atoms with E-state index in [4.69, 9.17) is 4.98 Å². The number of likely N-dealkylation sites (tertiary alicyclic amines) is 1. The summed E-state index contributed by atoms with van der Waals surface area (Å²) in [6.45, 7) is 9.53. The summed E-state index contributed by atoms with van der Waals surface area (Å²) in [5.41, 5.74) is 3.00. The first-order valence-electron chi connectivity index (χ1n) is 10.5. The molecule has 0 radical (unpaired) electrons. The standard InChI is InChI=1S/C22H28N6OS/c1-4-27-11-8-16(9-12-27)28(15(2)3)22(29)19-14-30-21(25-19)17-13-24-26-20(17)18-7-5-6-10-23-18/h5-7,10,13-16H,4,8-9,11-12H2,1-3H3,(H,24,26). The molecule has 3 aromatic rings. The molecule has 1 aliphatic rings. The van der Waals surface area contributed by atoms with Gasteiger partial charge in [-0.25, -0.2) is 4.98 Å². The number of nitrogens with zero attached hydrogens (tertiary/aromatic N) is 5. The van der Waals surface area contributed by atoms with Gasteiger partial charge in [0.05, 0.1) is 23.1 Å². The summed E-state index contributed by atoms with van der Waals surface area (Å²) < 4.78 is 0. The molecule has 0 unspecified atom stereocenters. The van der Waals surface area contributed by atoms with Crippen molar-refractivity contribution in [2.75, 3.05) is 19.6 Å². The number of amides is 1. The third-order valence-corrected chi connectivity index (χ3v) is 6.58. The Hall–Kier alpha value is -2.58. The predicted molar refractivity (Wildman–Crippen MR) is 119 cm³/mol. The average Bonchev–Trinajstić information content (AvgIpc) is 3.44. The maximum Gasteiger partial charge on any atom is 0.273 e. The van der Waals surface area contributed by atoms with Crippen LogP contribution in [0, 0.1) is 0 Å². The van der Waals surface area contributed by atoms with Crippen molar-refractivity contribution in [1.82, 2.24) is 30.0 Å². The van der Waals surface area contributed by atoms with E-state index in [1.54, 1.807) is 12.4 Å². The molecule has 0 spiro atoms. The first-order valence-corrected chi connectivity index (χ1v) is 11.4. The summed E-state index contributed by atoms with van der Waals surface area (Å²) in [5, 5.41) is 9.84. The summed E-state index contributed by atoms with van der Waals surface area (Å²) in [5.74, 6) is 0.0188. The summed E-state index contributed by atoms with van der Waals surface area (Å²) in [7, 11) is 0. The lowest BCUT2D eigenvalue weighted by molar-refractivity contribution is 0.0485. The van der Waals surface area contributed by atoms with Crippen LogP contribution in [0.15, 0.2) is 36.0 Å². The van der Waals surface area contributed by atoms with Crippen LogP contribution in [0.4, 0.5) is 0 Å². The lowest BCUT2D eigenvalue weighted by Crippen LogP contribution is -2.50. The quantitative estimate of drug-likeness (QED) is 0.649. The van der Waals surface area contributed by atoms with Crippen LogP contribution < -0.4 is 0 Å². The first-order chi connectivity index (χ1) is 14.6. The number of aromatic amines is 1. The topological polar surface area (TPSA) is 78.0 Å². The van der Waals surface area contributed by atoms with Crippen molar-refractivity contribution < 1.29 is 4.79 Å². The number of rotatable bonds is 6. The number of aromatic nitrogens is 4. The lowest BCUT2D eigenvalue weighted by Gasteiger charge is -2.40. The zero-order valence-corrected chi connectivity index (χ0v) is 18.5. The number of nitrogens with one attached hydrogen (secondary N) is 1. The molecule has 0 atom stereocenters. The van der Waals surface area contributed by atoms with Crippen molar-refractivity contribution in [3.63, 3.8) is 0 Å². The monoisotopic (exact) mass is 424 g/mol. The van der Waals surface area contributed by atoms with Crippen LogP contribution in [-0.2, 0) is 0 Å². The molecule has 7 nitrogen and oxygen atoms in total. The molecule has 4 rings (SSSR count). The molecule has 8 heteroatoms. The molecule has 30 heavy (non-hydrogen) atoms. The minimum atomic E-state index is 0.0188. The average molecular weight is 425 g/mol. The van der Waals surface area contributed by atoms with Gasteiger partial charge in [-0.05, 0) is 45.4 Å². The second-order valence-electron chi connectivity index (χ2n) is 7.88. The van der Waals surface area contributed by atoms with Crippen molar-refractivity contribution >= 4 is 17.2 Å². The molecule has 1 fully saturated rings. The smallest absolute Gasteiger partial charge is 0.273 e. The number of H-pyrrole nitrogens is 1. The highest BCUT2D eigenvalue weighted by Crippen LogP contribution is 2.32. The van der Waals surface area contributed by atoms with Crippen molar-refractivity contribution in [3.05, 3.63) is 41.7 Å². The van der Waals surface area contributed by atoms with Crippen LogP contribution in [-0.4, -0.2) is 67.6 Å². The van der Waals surface area contributed by atoms with Gasteiger partial charge in [0, 0.05) is 36.8 Å². The minimum absolute atomic E-state index is 0.0188. The van der Waals surface area contributed by atoms with E-state index < -0.39 is 0 Å². The Morgan fingerprint density at radius 1 is 1.33 bits per heavy atom. The molecule has 4 heterocycles. The van der Waals surface area contributed by atoms with Crippen molar-refractivity contribution in [2.45, 2.75) is 45.7 Å². The SMILES string of the molecule is CCN1CCC(N(C(=O)c2csc(-c3cn[nH]c3-c3ccccn3)n2)C(C)C)CC1. The zero-order chi connectivity index (χ0) is 21.1. The molecule has 0 aliphatic carbocycles. The van der Waals surface area contributed by atoms with E-state index in [9.17, 15) is 4.79 Å². The van der Waals surface area contributed by atoms with Gasteiger partial charge < -0.3 is 9.80 Å². The van der Waals surface area contributed by atoms with Crippen molar-refractivity contribution in [3.8, 4) is 22.0 Å². The van der Waals surface area contributed by atoms with Gasteiger partial charge in [-0.2, -0.15) is 5.10 Å². The second-order valence-corrected chi connectivity index (χ2v) is 8.74. The van der Waals surface area contributed by atoms with Gasteiger partial charge in [-0.3, -0.25) is 14.9 Å². The van der Waals surface area contributed by atoms with E-state index in [2.05, 4.69) is 40.9 Å². The van der Waals surface area contributed by atoms with Gasteiger partial charge in [0.2, 0.25) is 0 Å². The van der Waals surface area contributed by atoms with E-state index in [0.717, 1.165) is 54.4 Å². The minimum Gasteiger partial charge on any atom is -0.332 e. The number of hydrogen-bond acceptors (Lipinski definition) is 6. The van der Waals surface area contributed by atoms with E-state index in [1.165, 1.54) is 11.3 Å². The zero-order valence-electron chi connectivity index (χ0n) is 17.7. The van der Waals surface area contributed by atoms with E-state index >= 15 is 0 Å². The molecule has 0 saturated carbocycles. The van der Waals surface area contributed by atoms with Crippen LogP contribution in [0.3, 0.4) is 0 Å². The number of thiazole rings is 1.